The Morgan fingerprint density at radius 3 is 2.14 bits per heavy atom. The Hall–Kier alpha value is -2.13. The first-order valence-corrected chi connectivity index (χ1v) is 7.31. The molecule has 2 aliphatic rings. The van der Waals surface area contributed by atoms with Gasteiger partial charge >= 0.3 is 0 Å². The molecule has 0 N–H and O–H groups in total. The van der Waals surface area contributed by atoms with Gasteiger partial charge in [0.05, 0.1) is 19.1 Å². The average molecular weight is 280 g/mol. The van der Waals surface area contributed by atoms with E-state index in [1.54, 1.807) is 0 Å². The van der Waals surface area contributed by atoms with Gasteiger partial charge in [0.25, 0.3) is 0 Å². The molecular weight excluding hydrogens is 264 g/mol. The smallest absolute Gasteiger partial charge is 0.141 e. The van der Waals surface area contributed by atoms with Crippen molar-refractivity contribution in [3.63, 3.8) is 0 Å². The molecule has 1 atom stereocenters. The summed E-state index contributed by atoms with van der Waals surface area (Å²) in [6, 6.07) is 16.0. The number of hydrogen-bond donors (Lipinski definition) is 0. The normalized spacial score (nSPS) is 21.3. The summed E-state index contributed by atoms with van der Waals surface area (Å²) >= 11 is 0. The molecule has 0 saturated carbocycles. The second kappa shape index (κ2) is 5.01. The van der Waals surface area contributed by atoms with Gasteiger partial charge in [-0.3, -0.25) is 4.79 Å². The molecule has 0 aliphatic carbocycles. The molecule has 21 heavy (non-hydrogen) atoms. The zero-order valence-electron chi connectivity index (χ0n) is 11.6. The van der Waals surface area contributed by atoms with Crippen LogP contribution in [0.1, 0.15) is 23.5 Å². The highest BCUT2D eigenvalue weighted by Gasteiger charge is 2.38. The molecule has 0 bridgehead atoms. The van der Waals surface area contributed by atoms with Gasteiger partial charge in [0, 0.05) is 23.5 Å². The molecule has 1 fully saturated rings. The summed E-state index contributed by atoms with van der Waals surface area (Å²) in [7, 11) is 0. The average Bonchev–Trinajstić information content (AvgIpc) is 2.53. The fourth-order valence-corrected chi connectivity index (χ4v) is 3.32. The Balaban J connectivity index is 1.87. The highest BCUT2D eigenvalue weighted by atomic mass is 16.5. The van der Waals surface area contributed by atoms with Gasteiger partial charge in [-0.05, 0) is 12.1 Å². The molecular formula is C18H16O3. The Morgan fingerprint density at radius 1 is 0.905 bits per heavy atom. The van der Waals surface area contributed by atoms with E-state index >= 15 is 0 Å². The second-order valence-corrected chi connectivity index (χ2v) is 5.55. The van der Waals surface area contributed by atoms with Gasteiger partial charge in [0.2, 0.25) is 0 Å². The summed E-state index contributed by atoms with van der Waals surface area (Å²) in [5.74, 6) is 1.89. The van der Waals surface area contributed by atoms with E-state index in [9.17, 15) is 4.79 Å². The third-order valence-electron chi connectivity index (χ3n) is 4.33. The van der Waals surface area contributed by atoms with E-state index in [0.29, 0.717) is 19.6 Å². The molecule has 0 amide bonds. The maximum absolute atomic E-state index is 12.4. The van der Waals surface area contributed by atoms with Crippen LogP contribution in [0.2, 0.25) is 0 Å². The van der Waals surface area contributed by atoms with E-state index in [4.69, 9.17) is 9.47 Å². The third kappa shape index (κ3) is 2.05. The van der Waals surface area contributed by atoms with E-state index in [-0.39, 0.29) is 17.6 Å². The monoisotopic (exact) mass is 280 g/mol. The van der Waals surface area contributed by atoms with Crippen molar-refractivity contribution in [2.24, 2.45) is 5.92 Å². The fourth-order valence-electron chi connectivity index (χ4n) is 3.32. The summed E-state index contributed by atoms with van der Waals surface area (Å²) in [6.45, 7) is 1.04. The van der Waals surface area contributed by atoms with E-state index in [2.05, 4.69) is 12.1 Å². The van der Waals surface area contributed by atoms with E-state index in [1.165, 1.54) is 0 Å². The van der Waals surface area contributed by atoms with Crippen molar-refractivity contribution in [3.05, 3.63) is 59.7 Å². The van der Waals surface area contributed by atoms with Crippen LogP contribution in [-0.2, 0) is 9.53 Å². The Morgan fingerprint density at radius 2 is 1.52 bits per heavy atom. The lowest BCUT2D eigenvalue weighted by atomic mass is 9.76. The molecule has 2 aromatic carbocycles. The third-order valence-corrected chi connectivity index (χ3v) is 4.33. The molecule has 3 nitrogen and oxygen atoms in total. The van der Waals surface area contributed by atoms with E-state index in [0.717, 1.165) is 22.6 Å². The van der Waals surface area contributed by atoms with Crippen LogP contribution in [0.15, 0.2) is 48.5 Å². The molecule has 2 aliphatic heterocycles. The predicted octanol–water partition coefficient (Wildman–Crippen LogP) is 3.53. The minimum Gasteiger partial charge on any atom is -0.457 e. The molecule has 0 spiro atoms. The van der Waals surface area contributed by atoms with Crippen LogP contribution < -0.4 is 4.74 Å². The topological polar surface area (TPSA) is 35.5 Å². The summed E-state index contributed by atoms with van der Waals surface area (Å²) < 4.78 is 11.6. The lowest BCUT2D eigenvalue weighted by Gasteiger charge is -2.34. The van der Waals surface area contributed by atoms with Crippen LogP contribution in [0.5, 0.6) is 11.5 Å². The Kier molecular flexibility index (Phi) is 3.00. The van der Waals surface area contributed by atoms with Crippen LogP contribution in [-0.4, -0.2) is 19.0 Å². The SMILES string of the molecule is O=C1CCOCC1C1c2ccccc2Oc2ccccc21. The number of carbonyl (C=O) groups is 1. The number of hydrogen-bond acceptors (Lipinski definition) is 3. The maximum Gasteiger partial charge on any atom is 0.141 e. The van der Waals surface area contributed by atoms with Gasteiger partial charge in [-0.25, -0.2) is 0 Å². The van der Waals surface area contributed by atoms with Crippen LogP contribution in [0.25, 0.3) is 0 Å². The van der Waals surface area contributed by atoms with Crippen molar-refractivity contribution in [3.8, 4) is 11.5 Å². The summed E-state index contributed by atoms with van der Waals surface area (Å²) in [5, 5.41) is 0. The lowest BCUT2D eigenvalue weighted by molar-refractivity contribution is -0.131. The largest absolute Gasteiger partial charge is 0.457 e. The van der Waals surface area contributed by atoms with Crippen LogP contribution >= 0.6 is 0 Å². The molecule has 4 rings (SSSR count). The highest BCUT2D eigenvalue weighted by molar-refractivity contribution is 5.84. The first-order valence-electron chi connectivity index (χ1n) is 7.31. The molecule has 0 aromatic heterocycles. The summed E-state index contributed by atoms with van der Waals surface area (Å²) in [4.78, 5) is 12.4. The van der Waals surface area contributed by atoms with Gasteiger partial charge in [0.15, 0.2) is 0 Å². The van der Waals surface area contributed by atoms with Crippen molar-refractivity contribution in [2.45, 2.75) is 12.3 Å². The highest BCUT2D eigenvalue weighted by Crippen LogP contribution is 2.48. The van der Waals surface area contributed by atoms with Crippen molar-refractivity contribution in [2.75, 3.05) is 13.2 Å². The molecule has 2 heterocycles. The van der Waals surface area contributed by atoms with Crippen molar-refractivity contribution in [1.29, 1.82) is 0 Å². The quantitative estimate of drug-likeness (QED) is 0.801. The first-order chi connectivity index (χ1) is 10.3. The number of para-hydroxylation sites is 2. The first kappa shape index (κ1) is 12.6. The number of ether oxygens (including phenoxy) is 2. The van der Waals surface area contributed by atoms with Crippen molar-refractivity contribution in [1.82, 2.24) is 0 Å². The zero-order valence-corrected chi connectivity index (χ0v) is 11.6. The number of rotatable bonds is 1. The van der Waals surface area contributed by atoms with Gasteiger partial charge in [-0.15, -0.1) is 0 Å². The molecule has 3 heteroatoms. The van der Waals surface area contributed by atoms with Crippen LogP contribution in [0, 0.1) is 5.92 Å². The van der Waals surface area contributed by atoms with Crippen molar-refractivity contribution >= 4 is 5.78 Å². The van der Waals surface area contributed by atoms with Gasteiger partial charge in [-0.2, -0.15) is 0 Å². The summed E-state index contributed by atoms with van der Waals surface area (Å²) in [6.07, 6.45) is 0.506. The van der Waals surface area contributed by atoms with Gasteiger partial charge < -0.3 is 9.47 Å². The number of benzene rings is 2. The molecule has 1 saturated heterocycles. The number of ketones is 1. The van der Waals surface area contributed by atoms with Gasteiger partial charge in [-0.1, -0.05) is 36.4 Å². The Labute approximate surface area is 123 Å². The standard InChI is InChI=1S/C18H16O3/c19-15-9-10-20-11-14(15)18-12-5-1-3-7-16(12)21-17-8-4-2-6-13(17)18/h1-8,14,18H,9-11H2. The minimum absolute atomic E-state index is 0.0268. The molecule has 0 radical (unpaired) electrons. The zero-order chi connectivity index (χ0) is 14.2. The molecule has 1 unspecified atom stereocenters. The van der Waals surface area contributed by atoms with E-state index < -0.39 is 0 Å². The lowest BCUT2D eigenvalue weighted by Crippen LogP contribution is -2.34. The summed E-state index contributed by atoms with van der Waals surface area (Å²) in [5.41, 5.74) is 2.17. The van der Waals surface area contributed by atoms with Crippen LogP contribution in [0.3, 0.4) is 0 Å². The van der Waals surface area contributed by atoms with Crippen LogP contribution in [0.4, 0.5) is 0 Å². The Bertz CT molecular complexity index is 647. The predicted molar refractivity (Wildman–Crippen MR) is 78.7 cm³/mol. The van der Waals surface area contributed by atoms with Crippen molar-refractivity contribution < 1.29 is 14.3 Å². The number of carbonyl (C=O) groups excluding carboxylic acids is 1. The fraction of sp³-hybridized carbons (Fsp3) is 0.278. The number of Topliss-reactive ketones (excluding diaryl/α,β-unsaturated/α-hetero) is 1. The molecule has 106 valence electrons. The number of fused-ring (bicyclic) bond motifs is 2. The maximum atomic E-state index is 12.4. The second-order valence-electron chi connectivity index (χ2n) is 5.55. The van der Waals surface area contributed by atoms with Gasteiger partial charge in [0.1, 0.15) is 17.3 Å². The van der Waals surface area contributed by atoms with E-state index in [1.807, 2.05) is 36.4 Å². The molecule has 2 aromatic rings. The minimum atomic E-state index is -0.120.